The molecule has 1 aromatic rings. The summed E-state index contributed by atoms with van der Waals surface area (Å²) < 4.78 is 2.68. The van der Waals surface area contributed by atoms with Crippen molar-refractivity contribution in [1.82, 2.24) is 15.1 Å². The lowest BCUT2D eigenvalue weighted by Gasteiger charge is -2.07. The van der Waals surface area contributed by atoms with Crippen LogP contribution in [0.5, 0.6) is 0 Å². The van der Waals surface area contributed by atoms with Crippen LogP contribution >= 0.6 is 15.9 Å². The zero-order valence-electron chi connectivity index (χ0n) is 9.03. The average Bonchev–Trinajstić information content (AvgIpc) is 2.58. The molecule has 0 aliphatic rings. The average molecular weight is 274 g/mol. The van der Waals surface area contributed by atoms with Gasteiger partial charge in [-0.05, 0) is 21.8 Å². The molecule has 4 nitrogen and oxygen atoms in total. The first-order chi connectivity index (χ1) is 7.08. The Kier molecular flexibility index (Phi) is 4.81. The molecular weight excluding hydrogens is 258 g/mol. The van der Waals surface area contributed by atoms with Crippen molar-refractivity contribution in [2.45, 2.75) is 26.8 Å². The van der Waals surface area contributed by atoms with E-state index in [9.17, 15) is 4.79 Å². The van der Waals surface area contributed by atoms with E-state index >= 15 is 0 Å². The van der Waals surface area contributed by atoms with Crippen molar-refractivity contribution in [1.29, 1.82) is 0 Å². The molecule has 0 unspecified atom stereocenters. The monoisotopic (exact) mass is 273 g/mol. The van der Waals surface area contributed by atoms with Crippen molar-refractivity contribution >= 4 is 21.8 Å². The molecule has 15 heavy (non-hydrogen) atoms. The number of halogens is 1. The maximum Gasteiger partial charge on any atom is 0.221 e. The van der Waals surface area contributed by atoms with Gasteiger partial charge < -0.3 is 5.32 Å². The lowest BCUT2D eigenvalue weighted by molar-refractivity contribution is -0.121. The summed E-state index contributed by atoms with van der Waals surface area (Å²) in [4.78, 5) is 11.4. The summed E-state index contributed by atoms with van der Waals surface area (Å²) >= 11 is 3.31. The second-order valence-electron chi connectivity index (χ2n) is 3.87. The van der Waals surface area contributed by atoms with Gasteiger partial charge in [0.1, 0.15) is 0 Å². The molecule has 1 heterocycles. The minimum absolute atomic E-state index is 0.0790. The predicted molar refractivity (Wildman–Crippen MR) is 62.4 cm³/mol. The molecule has 1 aromatic heterocycles. The predicted octanol–water partition coefficient (Wildman–Crippen LogP) is 1.81. The van der Waals surface area contributed by atoms with Gasteiger partial charge in [0.25, 0.3) is 0 Å². The maximum atomic E-state index is 11.4. The van der Waals surface area contributed by atoms with Crippen LogP contribution in [0.2, 0.25) is 0 Å². The van der Waals surface area contributed by atoms with Crippen molar-refractivity contribution in [3.8, 4) is 0 Å². The molecule has 0 aliphatic heterocycles. The van der Waals surface area contributed by atoms with Gasteiger partial charge in [0, 0.05) is 25.7 Å². The minimum atomic E-state index is 0.0790. The summed E-state index contributed by atoms with van der Waals surface area (Å²) in [5.74, 6) is 0.572. The highest BCUT2D eigenvalue weighted by Gasteiger charge is 2.03. The van der Waals surface area contributed by atoms with Crippen molar-refractivity contribution in [3.05, 3.63) is 16.9 Å². The van der Waals surface area contributed by atoms with E-state index in [1.54, 1.807) is 10.9 Å². The highest BCUT2D eigenvalue weighted by Crippen LogP contribution is 2.06. The topological polar surface area (TPSA) is 46.9 Å². The molecule has 0 bridgehead atoms. The number of hydrogen-bond acceptors (Lipinski definition) is 2. The SMILES string of the molecule is CC(C)CNC(=O)CCn1cc(Br)cn1. The fraction of sp³-hybridized carbons (Fsp3) is 0.600. The molecule has 84 valence electrons. The van der Waals surface area contributed by atoms with Crippen molar-refractivity contribution in [3.63, 3.8) is 0 Å². The lowest BCUT2D eigenvalue weighted by Crippen LogP contribution is -2.28. The molecule has 0 fully saturated rings. The number of carbonyl (C=O) groups excluding carboxylic acids is 1. The number of aryl methyl sites for hydroxylation is 1. The second-order valence-corrected chi connectivity index (χ2v) is 4.79. The molecule has 1 rings (SSSR count). The van der Waals surface area contributed by atoms with Gasteiger partial charge in [-0.2, -0.15) is 5.10 Å². The Bertz CT molecular complexity index is 322. The number of nitrogens with one attached hydrogen (secondary N) is 1. The van der Waals surface area contributed by atoms with Gasteiger partial charge >= 0.3 is 0 Å². The highest BCUT2D eigenvalue weighted by atomic mass is 79.9. The zero-order chi connectivity index (χ0) is 11.3. The molecule has 0 atom stereocenters. The largest absolute Gasteiger partial charge is 0.356 e. The van der Waals surface area contributed by atoms with E-state index in [1.165, 1.54) is 0 Å². The van der Waals surface area contributed by atoms with Crippen LogP contribution < -0.4 is 5.32 Å². The van der Waals surface area contributed by atoms with Gasteiger partial charge in [-0.15, -0.1) is 0 Å². The van der Waals surface area contributed by atoms with Gasteiger partial charge in [-0.1, -0.05) is 13.8 Å². The number of amides is 1. The van der Waals surface area contributed by atoms with Gasteiger partial charge in [-0.3, -0.25) is 9.48 Å². The van der Waals surface area contributed by atoms with Gasteiger partial charge in [0.05, 0.1) is 10.7 Å². The molecule has 0 radical (unpaired) electrons. The molecule has 0 aromatic carbocycles. The van der Waals surface area contributed by atoms with Crippen LogP contribution in [0.1, 0.15) is 20.3 Å². The fourth-order valence-electron chi connectivity index (χ4n) is 1.08. The third-order valence-electron chi connectivity index (χ3n) is 1.88. The Morgan fingerprint density at radius 1 is 1.67 bits per heavy atom. The molecule has 1 N–H and O–H groups in total. The van der Waals surface area contributed by atoms with E-state index in [0.29, 0.717) is 18.9 Å². The minimum Gasteiger partial charge on any atom is -0.356 e. The molecule has 5 heteroatoms. The second kappa shape index (κ2) is 5.90. The van der Waals surface area contributed by atoms with Crippen molar-refractivity contribution in [2.75, 3.05) is 6.54 Å². The quantitative estimate of drug-likeness (QED) is 0.890. The standard InChI is InChI=1S/C10H16BrN3O/c1-8(2)5-12-10(15)3-4-14-7-9(11)6-13-14/h6-8H,3-5H2,1-2H3,(H,12,15). The molecule has 0 spiro atoms. The van der Waals surface area contributed by atoms with Crippen molar-refractivity contribution in [2.24, 2.45) is 5.92 Å². The van der Waals surface area contributed by atoms with Crippen molar-refractivity contribution < 1.29 is 4.79 Å². The smallest absolute Gasteiger partial charge is 0.221 e. The van der Waals surface area contributed by atoms with Gasteiger partial charge in [0.2, 0.25) is 5.91 Å². The van der Waals surface area contributed by atoms with Crippen LogP contribution in [0.25, 0.3) is 0 Å². The van der Waals surface area contributed by atoms with E-state index in [1.807, 2.05) is 6.20 Å². The van der Waals surface area contributed by atoms with Crippen LogP contribution in [0.15, 0.2) is 16.9 Å². The van der Waals surface area contributed by atoms with E-state index < -0.39 is 0 Å². The van der Waals surface area contributed by atoms with Crippen LogP contribution in [-0.4, -0.2) is 22.2 Å². The molecule has 0 saturated heterocycles. The number of nitrogens with zero attached hydrogens (tertiary/aromatic N) is 2. The highest BCUT2D eigenvalue weighted by molar-refractivity contribution is 9.10. The first-order valence-electron chi connectivity index (χ1n) is 5.02. The Labute approximate surface area is 98.2 Å². The summed E-state index contributed by atoms with van der Waals surface area (Å²) in [7, 11) is 0. The van der Waals surface area contributed by atoms with E-state index in [4.69, 9.17) is 0 Å². The number of hydrogen-bond donors (Lipinski definition) is 1. The van der Waals surface area contributed by atoms with E-state index in [-0.39, 0.29) is 5.91 Å². The summed E-state index contributed by atoms with van der Waals surface area (Å²) in [6, 6.07) is 0. The first kappa shape index (κ1) is 12.2. The number of aromatic nitrogens is 2. The Morgan fingerprint density at radius 2 is 2.40 bits per heavy atom. The summed E-state index contributed by atoms with van der Waals surface area (Å²) in [6.07, 6.45) is 4.04. The molecule has 1 amide bonds. The maximum absolute atomic E-state index is 11.4. The Balaban J connectivity index is 2.22. The third kappa shape index (κ3) is 4.97. The van der Waals surface area contributed by atoms with Gasteiger partial charge in [-0.25, -0.2) is 0 Å². The lowest BCUT2D eigenvalue weighted by atomic mass is 10.2. The normalized spacial score (nSPS) is 10.7. The van der Waals surface area contributed by atoms with Crippen LogP contribution in [0.3, 0.4) is 0 Å². The summed E-state index contributed by atoms with van der Waals surface area (Å²) in [5, 5.41) is 6.94. The molecule has 0 aliphatic carbocycles. The first-order valence-corrected chi connectivity index (χ1v) is 5.82. The molecule has 0 saturated carbocycles. The number of carbonyl (C=O) groups is 1. The summed E-state index contributed by atoms with van der Waals surface area (Å²) in [6.45, 7) is 5.51. The number of rotatable bonds is 5. The third-order valence-corrected chi connectivity index (χ3v) is 2.29. The van der Waals surface area contributed by atoms with Gasteiger partial charge in [0.15, 0.2) is 0 Å². The Morgan fingerprint density at radius 3 is 2.93 bits per heavy atom. The zero-order valence-corrected chi connectivity index (χ0v) is 10.6. The van der Waals surface area contributed by atoms with Crippen LogP contribution in [0, 0.1) is 5.92 Å². The Hall–Kier alpha value is -0.840. The summed E-state index contributed by atoms with van der Waals surface area (Å²) in [5.41, 5.74) is 0. The van der Waals surface area contributed by atoms with Crippen LogP contribution in [0.4, 0.5) is 0 Å². The molecular formula is C10H16BrN3O. The fourth-order valence-corrected chi connectivity index (χ4v) is 1.41. The van der Waals surface area contributed by atoms with Crippen LogP contribution in [-0.2, 0) is 11.3 Å². The van der Waals surface area contributed by atoms with E-state index in [0.717, 1.165) is 11.0 Å². The van der Waals surface area contributed by atoms with E-state index in [2.05, 4.69) is 40.2 Å².